The van der Waals surface area contributed by atoms with Crippen molar-refractivity contribution >= 4 is 39.6 Å². The maximum absolute atomic E-state index is 13.1. The second-order valence-electron chi connectivity index (χ2n) is 7.29. The van der Waals surface area contributed by atoms with Crippen LogP contribution in [0.15, 0.2) is 89.9 Å². The summed E-state index contributed by atoms with van der Waals surface area (Å²) in [7, 11) is 0. The normalized spacial score (nSPS) is 18.1. The van der Waals surface area contributed by atoms with Gasteiger partial charge in [-0.3, -0.25) is 14.6 Å². The minimum absolute atomic E-state index is 0.0663. The van der Waals surface area contributed by atoms with Crippen molar-refractivity contribution < 1.29 is 14.7 Å². The molecule has 1 N–H and O–H groups in total. The molecule has 31 heavy (non-hydrogen) atoms. The SMILES string of the molecule is O=C1C(=O)N(Cc2cccs2)C(c2ccccn2)/C1=C(/O)c1cccc2ccccc12. The van der Waals surface area contributed by atoms with Gasteiger partial charge < -0.3 is 10.0 Å². The number of carbonyl (C=O) groups is 2. The van der Waals surface area contributed by atoms with Crippen LogP contribution in [0, 0.1) is 0 Å². The average molecular weight is 426 g/mol. The molecule has 6 heteroatoms. The number of aromatic nitrogens is 1. The molecule has 5 rings (SSSR count). The van der Waals surface area contributed by atoms with E-state index in [1.807, 2.05) is 60.0 Å². The zero-order valence-corrected chi connectivity index (χ0v) is 17.3. The molecule has 5 nitrogen and oxygen atoms in total. The Bertz CT molecular complexity index is 1310. The van der Waals surface area contributed by atoms with Gasteiger partial charge >= 0.3 is 0 Å². The lowest BCUT2D eigenvalue weighted by Crippen LogP contribution is -2.29. The summed E-state index contributed by atoms with van der Waals surface area (Å²) in [5.74, 6) is -1.51. The number of pyridine rings is 1. The Kier molecular flexibility index (Phi) is 4.84. The first kappa shape index (κ1) is 19.2. The van der Waals surface area contributed by atoms with Crippen molar-refractivity contribution in [1.82, 2.24) is 9.88 Å². The molecule has 0 bridgehead atoms. The van der Waals surface area contributed by atoms with E-state index in [0.29, 0.717) is 11.3 Å². The van der Waals surface area contributed by atoms with E-state index in [9.17, 15) is 14.7 Å². The summed E-state index contributed by atoms with van der Waals surface area (Å²) in [5, 5.41) is 15.0. The standard InChI is InChI=1S/C25H18N2O3S/c28-23(19-11-5-8-16-7-1-2-10-18(16)19)21-22(20-12-3-4-13-26-20)27(25(30)24(21)29)15-17-9-6-14-31-17/h1-14,22,28H,15H2/b23-21-. The quantitative estimate of drug-likeness (QED) is 0.286. The Morgan fingerprint density at radius 3 is 2.55 bits per heavy atom. The number of amides is 1. The van der Waals surface area contributed by atoms with Crippen LogP contribution in [0.2, 0.25) is 0 Å². The predicted octanol–water partition coefficient (Wildman–Crippen LogP) is 4.92. The third-order valence-corrected chi connectivity index (χ3v) is 6.32. The second-order valence-corrected chi connectivity index (χ2v) is 8.32. The highest BCUT2D eigenvalue weighted by molar-refractivity contribution is 7.09. The van der Waals surface area contributed by atoms with Crippen LogP contribution in [0.5, 0.6) is 0 Å². The summed E-state index contributed by atoms with van der Waals surface area (Å²) >= 11 is 1.51. The highest BCUT2D eigenvalue weighted by atomic mass is 32.1. The molecule has 1 saturated heterocycles. The molecule has 0 spiro atoms. The molecular formula is C25H18N2O3S. The van der Waals surface area contributed by atoms with Gasteiger partial charge in [0.1, 0.15) is 11.8 Å². The molecule has 1 atom stereocenters. The van der Waals surface area contributed by atoms with Crippen LogP contribution >= 0.6 is 11.3 Å². The lowest BCUT2D eigenvalue weighted by molar-refractivity contribution is -0.140. The van der Waals surface area contributed by atoms with Crippen LogP contribution in [0.25, 0.3) is 16.5 Å². The summed E-state index contributed by atoms with van der Waals surface area (Å²) in [5.41, 5.74) is 1.13. The summed E-state index contributed by atoms with van der Waals surface area (Å²) < 4.78 is 0. The van der Waals surface area contributed by atoms with E-state index >= 15 is 0 Å². The molecule has 3 heterocycles. The van der Waals surface area contributed by atoms with Gasteiger partial charge in [-0.1, -0.05) is 54.6 Å². The Morgan fingerprint density at radius 2 is 1.77 bits per heavy atom. The minimum Gasteiger partial charge on any atom is -0.507 e. The highest BCUT2D eigenvalue weighted by Gasteiger charge is 2.46. The van der Waals surface area contributed by atoms with E-state index in [0.717, 1.165) is 15.6 Å². The van der Waals surface area contributed by atoms with Gasteiger partial charge in [0.2, 0.25) is 0 Å². The highest BCUT2D eigenvalue weighted by Crippen LogP contribution is 2.40. The number of carbonyl (C=O) groups excluding carboxylic acids is 2. The van der Waals surface area contributed by atoms with Crippen LogP contribution in [0.4, 0.5) is 0 Å². The number of aliphatic hydroxyl groups is 1. The lowest BCUT2D eigenvalue weighted by Gasteiger charge is -2.24. The maximum atomic E-state index is 13.1. The zero-order chi connectivity index (χ0) is 21.4. The number of likely N-dealkylation sites (tertiary alicyclic amines) is 1. The molecule has 2 aromatic carbocycles. The fourth-order valence-electron chi connectivity index (χ4n) is 4.04. The lowest BCUT2D eigenvalue weighted by atomic mass is 9.95. The van der Waals surface area contributed by atoms with E-state index in [4.69, 9.17) is 0 Å². The number of nitrogens with zero attached hydrogens (tertiary/aromatic N) is 2. The predicted molar refractivity (Wildman–Crippen MR) is 120 cm³/mol. The number of fused-ring (bicyclic) bond motifs is 1. The van der Waals surface area contributed by atoms with Crippen molar-refractivity contribution in [2.75, 3.05) is 0 Å². The topological polar surface area (TPSA) is 70.5 Å². The molecule has 1 amide bonds. The smallest absolute Gasteiger partial charge is 0.296 e. The zero-order valence-electron chi connectivity index (χ0n) is 16.4. The second kappa shape index (κ2) is 7.81. The third-order valence-electron chi connectivity index (χ3n) is 5.46. The Hall–Kier alpha value is -3.77. The Labute approximate surface area is 182 Å². The van der Waals surface area contributed by atoms with Crippen molar-refractivity contribution in [1.29, 1.82) is 0 Å². The number of ketones is 1. The van der Waals surface area contributed by atoms with Gasteiger partial charge in [-0.2, -0.15) is 0 Å². The molecule has 1 aliphatic heterocycles. The van der Waals surface area contributed by atoms with Gasteiger partial charge in [0.25, 0.3) is 11.7 Å². The number of benzene rings is 2. The summed E-state index contributed by atoms with van der Waals surface area (Å²) in [6.07, 6.45) is 1.62. The minimum atomic E-state index is -0.762. The summed E-state index contributed by atoms with van der Waals surface area (Å²) in [6.45, 7) is 0.274. The molecule has 4 aromatic rings. The first-order valence-corrected chi connectivity index (χ1v) is 10.7. The van der Waals surface area contributed by atoms with E-state index in [1.54, 1.807) is 24.4 Å². The Morgan fingerprint density at radius 1 is 0.968 bits per heavy atom. The first-order chi connectivity index (χ1) is 15.1. The van der Waals surface area contributed by atoms with E-state index in [1.165, 1.54) is 16.2 Å². The monoisotopic (exact) mass is 426 g/mol. The average Bonchev–Trinajstić information content (AvgIpc) is 3.41. The largest absolute Gasteiger partial charge is 0.507 e. The Balaban J connectivity index is 1.71. The van der Waals surface area contributed by atoms with Gasteiger partial charge in [-0.15, -0.1) is 11.3 Å². The first-order valence-electron chi connectivity index (χ1n) is 9.85. The van der Waals surface area contributed by atoms with Crippen LogP contribution < -0.4 is 0 Å². The van der Waals surface area contributed by atoms with Gasteiger partial charge in [0, 0.05) is 16.6 Å². The van der Waals surface area contributed by atoms with Crippen molar-refractivity contribution in [3.63, 3.8) is 0 Å². The van der Waals surface area contributed by atoms with Crippen LogP contribution in [-0.2, 0) is 16.1 Å². The van der Waals surface area contributed by atoms with Crippen molar-refractivity contribution in [3.05, 3.63) is 106 Å². The number of rotatable bonds is 4. The number of hydrogen-bond acceptors (Lipinski definition) is 5. The fourth-order valence-corrected chi connectivity index (χ4v) is 4.74. The van der Waals surface area contributed by atoms with E-state index < -0.39 is 17.7 Å². The van der Waals surface area contributed by atoms with Gasteiger partial charge in [0.05, 0.1) is 17.8 Å². The summed E-state index contributed by atoms with van der Waals surface area (Å²) in [4.78, 5) is 33.0. The summed E-state index contributed by atoms with van der Waals surface area (Å²) in [6, 6.07) is 21.6. The van der Waals surface area contributed by atoms with Gasteiger partial charge in [-0.25, -0.2) is 0 Å². The van der Waals surface area contributed by atoms with Crippen molar-refractivity contribution in [2.24, 2.45) is 0 Å². The molecular weight excluding hydrogens is 408 g/mol. The molecule has 1 aliphatic rings. The van der Waals surface area contributed by atoms with Crippen molar-refractivity contribution in [2.45, 2.75) is 12.6 Å². The number of hydrogen-bond donors (Lipinski definition) is 1. The van der Waals surface area contributed by atoms with Crippen molar-refractivity contribution in [3.8, 4) is 0 Å². The van der Waals surface area contributed by atoms with Crippen LogP contribution in [0.1, 0.15) is 22.2 Å². The van der Waals surface area contributed by atoms with Gasteiger partial charge in [-0.05, 0) is 34.4 Å². The number of Topliss-reactive ketones (excluding diaryl/α,β-unsaturated/α-hetero) is 1. The third kappa shape index (κ3) is 3.31. The molecule has 2 aromatic heterocycles. The molecule has 1 fully saturated rings. The number of thiophene rings is 1. The molecule has 0 radical (unpaired) electrons. The number of aliphatic hydroxyl groups excluding tert-OH is 1. The van der Waals surface area contributed by atoms with Crippen LogP contribution in [-0.4, -0.2) is 26.7 Å². The molecule has 1 unspecified atom stereocenters. The molecule has 0 saturated carbocycles. The van der Waals surface area contributed by atoms with E-state index in [2.05, 4.69) is 4.98 Å². The van der Waals surface area contributed by atoms with Crippen LogP contribution in [0.3, 0.4) is 0 Å². The molecule has 0 aliphatic carbocycles. The molecule has 152 valence electrons. The van der Waals surface area contributed by atoms with Gasteiger partial charge in [0.15, 0.2) is 0 Å². The fraction of sp³-hybridized carbons (Fsp3) is 0.0800. The van der Waals surface area contributed by atoms with E-state index in [-0.39, 0.29) is 17.9 Å². The maximum Gasteiger partial charge on any atom is 0.296 e.